The molecule has 3 heterocycles. The Kier molecular flexibility index (Phi) is 8.37. The number of carboxylic acid groups (broad SMARTS) is 1. The van der Waals surface area contributed by atoms with Gasteiger partial charge in [-0.1, -0.05) is 13.0 Å². The molecule has 0 saturated heterocycles. The Labute approximate surface area is 201 Å². The second-order valence-corrected chi connectivity index (χ2v) is 8.40. The second-order valence-electron chi connectivity index (χ2n) is 7.48. The summed E-state index contributed by atoms with van der Waals surface area (Å²) in [7, 11) is 1.27. The van der Waals surface area contributed by atoms with Gasteiger partial charge in [0.25, 0.3) is 0 Å². The lowest BCUT2D eigenvalue weighted by Gasteiger charge is -2.15. The van der Waals surface area contributed by atoms with Crippen LogP contribution in [0.3, 0.4) is 0 Å². The quantitative estimate of drug-likeness (QED) is 0.305. The number of aromatic nitrogens is 1. The van der Waals surface area contributed by atoms with Gasteiger partial charge in [-0.25, -0.2) is 14.6 Å². The van der Waals surface area contributed by atoms with Crippen molar-refractivity contribution in [2.75, 3.05) is 20.3 Å². The van der Waals surface area contributed by atoms with E-state index in [0.29, 0.717) is 35.6 Å². The van der Waals surface area contributed by atoms with Gasteiger partial charge < -0.3 is 19.9 Å². The van der Waals surface area contributed by atoms with Gasteiger partial charge >= 0.3 is 11.9 Å². The van der Waals surface area contributed by atoms with Gasteiger partial charge in [0.1, 0.15) is 5.75 Å². The normalized spacial score (nSPS) is 11.5. The van der Waals surface area contributed by atoms with Crippen molar-refractivity contribution < 1.29 is 29.0 Å². The predicted octanol–water partition coefficient (Wildman–Crippen LogP) is 4.35. The maximum Gasteiger partial charge on any atom is 0.357 e. The molecule has 0 bridgehead atoms. The molecule has 178 valence electrons. The number of hydrogen-bond acceptors (Lipinski definition) is 7. The van der Waals surface area contributed by atoms with E-state index in [1.165, 1.54) is 7.11 Å². The van der Waals surface area contributed by atoms with Gasteiger partial charge in [-0.2, -0.15) is 0 Å². The number of fused-ring (bicyclic) bond motifs is 3. The standard InChI is InChI=1S/C21H17NO5S.C4H9NO/c1-11-3-4-13(18(22-11)21(25)26-2)14-10-17-16(9-15(14)20(23)24)19-12(5-7-27-17)6-8-28-19;1-2-3-5-4-6/h3-4,6,8-10H,5,7H2,1-2H3,(H,23,24);4H,2-3H2,1H3,(H,5,6). The monoisotopic (exact) mass is 482 g/mol. The van der Waals surface area contributed by atoms with E-state index < -0.39 is 11.9 Å². The van der Waals surface area contributed by atoms with Gasteiger partial charge in [0.15, 0.2) is 5.69 Å². The zero-order valence-corrected chi connectivity index (χ0v) is 20.0. The first kappa shape index (κ1) is 24.9. The fraction of sp³-hybridized carbons (Fsp3) is 0.280. The smallest absolute Gasteiger partial charge is 0.357 e. The number of aryl methyl sites for hydroxylation is 1. The van der Waals surface area contributed by atoms with Crippen LogP contribution in [-0.4, -0.2) is 48.7 Å². The number of aromatic carboxylic acids is 1. The summed E-state index contributed by atoms with van der Waals surface area (Å²) < 4.78 is 10.8. The Bertz CT molecular complexity index is 1200. The minimum atomic E-state index is -1.09. The Balaban J connectivity index is 0.000000481. The molecule has 1 aliphatic heterocycles. The minimum Gasteiger partial charge on any atom is -0.493 e. The van der Waals surface area contributed by atoms with Crippen molar-refractivity contribution in [3.63, 3.8) is 0 Å². The van der Waals surface area contributed by atoms with Crippen LogP contribution in [0.15, 0.2) is 35.7 Å². The molecule has 3 aromatic rings. The molecule has 8 nitrogen and oxygen atoms in total. The van der Waals surface area contributed by atoms with E-state index in [1.54, 1.807) is 42.5 Å². The molecule has 0 fully saturated rings. The third-order valence-corrected chi connectivity index (χ3v) is 6.14. The minimum absolute atomic E-state index is 0.0791. The van der Waals surface area contributed by atoms with Gasteiger partial charge in [0.05, 0.1) is 19.3 Å². The number of thiophene rings is 1. The summed E-state index contributed by atoms with van der Waals surface area (Å²) in [5.74, 6) is -1.11. The molecule has 0 saturated carbocycles. The van der Waals surface area contributed by atoms with Crippen molar-refractivity contribution in [3.8, 4) is 27.3 Å². The van der Waals surface area contributed by atoms with Crippen molar-refractivity contribution in [1.82, 2.24) is 10.3 Å². The van der Waals surface area contributed by atoms with Crippen LogP contribution in [0.5, 0.6) is 5.75 Å². The number of methoxy groups -OCH3 is 1. The van der Waals surface area contributed by atoms with Gasteiger partial charge in [0.2, 0.25) is 6.41 Å². The van der Waals surface area contributed by atoms with E-state index in [2.05, 4.69) is 10.3 Å². The summed E-state index contributed by atoms with van der Waals surface area (Å²) in [5.41, 5.74) is 3.46. The van der Waals surface area contributed by atoms with E-state index in [0.717, 1.165) is 35.4 Å². The Hall–Kier alpha value is -3.72. The molecule has 1 aromatic carbocycles. The van der Waals surface area contributed by atoms with Crippen LogP contribution < -0.4 is 10.1 Å². The van der Waals surface area contributed by atoms with E-state index >= 15 is 0 Å². The number of hydrogen-bond donors (Lipinski definition) is 2. The number of carboxylic acids is 1. The molecular weight excluding hydrogens is 456 g/mol. The molecule has 0 atom stereocenters. The molecule has 1 amide bonds. The molecule has 1 aliphatic rings. The Morgan fingerprint density at radius 2 is 2.03 bits per heavy atom. The van der Waals surface area contributed by atoms with Crippen molar-refractivity contribution >= 4 is 29.7 Å². The number of benzene rings is 1. The summed E-state index contributed by atoms with van der Waals surface area (Å²) in [4.78, 5) is 39.0. The highest BCUT2D eigenvalue weighted by atomic mass is 32.1. The first-order chi connectivity index (χ1) is 16.4. The summed E-state index contributed by atoms with van der Waals surface area (Å²) >= 11 is 1.56. The highest BCUT2D eigenvalue weighted by molar-refractivity contribution is 7.13. The lowest BCUT2D eigenvalue weighted by atomic mass is 9.94. The molecule has 0 unspecified atom stereocenters. The SMILES string of the molecule is CCCNC=O.COC(=O)c1nc(C)ccc1-c1cc2c(cc1C(=O)O)-c1sccc1CCO2. The maximum absolute atomic E-state index is 12.3. The van der Waals surface area contributed by atoms with Crippen molar-refractivity contribution in [2.24, 2.45) is 0 Å². The average molecular weight is 483 g/mol. The van der Waals surface area contributed by atoms with E-state index in [1.807, 2.05) is 18.4 Å². The number of carbonyl (C=O) groups is 3. The molecule has 34 heavy (non-hydrogen) atoms. The molecular formula is C25H26N2O6S. The van der Waals surface area contributed by atoms with E-state index in [9.17, 15) is 19.5 Å². The molecule has 0 radical (unpaired) electrons. The number of amides is 1. The van der Waals surface area contributed by atoms with Gasteiger partial charge in [-0.3, -0.25) is 4.79 Å². The first-order valence-electron chi connectivity index (χ1n) is 10.8. The van der Waals surface area contributed by atoms with Crippen molar-refractivity contribution in [3.05, 3.63) is 58.2 Å². The van der Waals surface area contributed by atoms with Crippen LogP contribution in [0.25, 0.3) is 21.6 Å². The number of rotatable bonds is 6. The van der Waals surface area contributed by atoms with Crippen LogP contribution in [0, 0.1) is 6.92 Å². The lowest BCUT2D eigenvalue weighted by molar-refractivity contribution is -0.109. The Morgan fingerprint density at radius 1 is 1.24 bits per heavy atom. The number of pyridine rings is 1. The van der Waals surface area contributed by atoms with Gasteiger partial charge in [0, 0.05) is 40.2 Å². The van der Waals surface area contributed by atoms with Crippen molar-refractivity contribution in [2.45, 2.75) is 26.7 Å². The van der Waals surface area contributed by atoms with Crippen LogP contribution in [0.4, 0.5) is 0 Å². The van der Waals surface area contributed by atoms with Gasteiger partial charge in [-0.05, 0) is 48.6 Å². The van der Waals surface area contributed by atoms with Crippen LogP contribution >= 0.6 is 11.3 Å². The number of nitrogens with one attached hydrogen (secondary N) is 1. The van der Waals surface area contributed by atoms with Crippen LogP contribution in [0.2, 0.25) is 0 Å². The van der Waals surface area contributed by atoms with E-state index in [4.69, 9.17) is 9.47 Å². The highest BCUT2D eigenvalue weighted by Gasteiger charge is 2.25. The average Bonchev–Trinajstić information content (AvgIpc) is 3.23. The fourth-order valence-electron chi connectivity index (χ4n) is 3.55. The predicted molar refractivity (Wildman–Crippen MR) is 130 cm³/mol. The largest absolute Gasteiger partial charge is 0.493 e. The number of ether oxygens (including phenoxy) is 2. The summed E-state index contributed by atoms with van der Waals surface area (Å²) in [6, 6.07) is 8.76. The lowest BCUT2D eigenvalue weighted by Crippen LogP contribution is -2.10. The van der Waals surface area contributed by atoms with Crippen molar-refractivity contribution in [1.29, 1.82) is 0 Å². The van der Waals surface area contributed by atoms with Gasteiger partial charge in [-0.15, -0.1) is 11.3 Å². The second kappa shape index (κ2) is 11.4. The van der Waals surface area contributed by atoms with Crippen LogP contribution in [-0.2, 0) is 16.0 Å². The molecule has 0 spiro atoms. The zero-order chi connectivity index (χ0) is 24.7. The fourth-order valence-corrected chi connectivity index (χ4v) is 4.52. The zero-order valence-electron chi connectivity index (χ0n) is 19.2. The molecule has 2 aromatic heterocycles. The molecule has 4 rings (SSSR count). The molecule has 2 N–H and O–H groups in total. The third kappa shape index (κ3) is 5.43. The summed E-state index contributed by atoms with van der Waals surface area (Å²) in [6.07, 6.45) is 2.48. The number of carbonyl (C=O) groups excluding carboxylic acids is 2. The molecule has 9 heteroatoms. The molecule has 0 aliphatic carbocycles. The summed E-state index contributed by atoms with van der Waals surface area (Å²) in [6.45, 7) is 5.06. The maximum atomic E-state index is 12.3. The van der Waals surface area contributed by atoms with E-state index in [-0.39, 0.29) is 11.3 Å². The van der Waals surface area contributed by atoms with Crippen LogP contribution in [0.1, 0.15) is 45.4 Å². The number of nitrogens with zero attached hydrogens (tertiary/aromatic N) is 1. The third-order valence-electron chi connectivity index (χ3n) is 5.15. The summed E-state index contributed by atoms with van der Waals surface area (Å²) in [5, 5.41) is 14.4. The first-order valence-corrected chi connectivity index (χ1v) is 11.6. The highest BCUT2D eigenvalue weighted by Crippen LogP contribution is 2.43. The topological polar surface area (TPSA) is 115 Å². The Morgan fingerprint density at radius 3 is 2.68 bits per heavy atom. The number of esters is 1.